The van der Waals surface area contributed by atoms with E-state index in [1.807, 2.05) is 0 Å². The zero-order chi connectivity index (χ0) is 9.78. The summed E-state index contributed by atoms with van der Waals surface area (Å²) in [6.07, 6.45) is -0.924. The predicted octanol–water partition coefficient (Wildman–Crippen LogP) is 1.65. The molecule has 1 atom stereocenters. The molecule has 3 nitrogen and oxygen atoms in total. The largest absolute Gasteiger partial charge is 0.480 e. The van der Waals surface area contributed by atoms with Gasteiger partial charge in [-0.15, -0.1) is 12.4 Å². The van der Waals surface area contributed by atoms with E-state index in [0.717, 1.165) is 0 Å². The van der Waals surface area contributed by atoms with Gasteiger partial charge in [-0.1, -0.05) is 6.92 Å². The van der Waals surface area contributed by atoms with Gasteiger partial charge in [0.2, 0.25) is 5.92 Å². The van der Waals surface area contributed by atoms with Crippen LogP contribution < -0.4 is 5.73 Å². The van der Waals surface area contributed by atoms with Crippen molar-refractivity contribution in [3.8, 4) is 0 Å². The van der Waals surface area contributed by atoms with Crippen LogP contribution in [-0.4, -0.2) is 23.0 Å². The van der Waals surface area contributed by atoms with E-state index in [4.69, 9.17) is 10.8 Å². The number of halogens is 3. The van der Waals surface area contributed by atoms with Crippen LogP contribution in [-0.2, 0) is 4.79 Å². The molecule has 0 fully saturated rings. The van der Waals surface area contributed by atoms with E-state index < -0.39 is 24.4 Å². The highest BCUT2D eigenvalue weighted by molar-refractivity contribution is 5.85. The third-order valence-corrected chi connectivity index (χ3v) is 1.66. The van der Waals surface area contributed by atoms with Gasteiger partial charge >= 0.3 is 5.97 Å². The maximum absolute atomic E-state index is 12.5. The Morgan fingerprint density at radius 1 is 1.62 bits per heavy atom. The molecule has 0 saturated heterocycles. The van der Waals surface area contributed by atoms with Crippen molar-refractivity contribution < 1.29 is 18.7 Å². The summed E-state index contributed by atoms with van der Waals surface area (Å²) in [5.41, 5.74) is 5.05. The Kier molecular flexibility index (Phi) is 7.07. The van der Waals surface area contributed by atoms with Gasteiger partial charge in [0.25, 0.3) is 0 Å². The van der Waals surface area contributed by atoms with Gasteiger partial charge in [-0.05, 0) is 6.42 Å². The minimum Gasteiger partial charge on any atom is -0.480 e. The first-order chi connectivity index (χ1) is 5.39. The van der Waals surface area contributed by atoms with E-state index >= 15 is 0 Å². The Bertz CT molecular complexity index is 167. The molecule has 0 heterocycles. The number of carbonyl (C=O) groups is 1. The summed E-state index contributed by atoms with van der Waals surface area (Å²) in [4.78, 5) is 10.1. The number of carboxylic acid groups (broad SMARTS) is 1. The Hall–Kier alpha value is -0.420. The molecule has 0 aromatic carbocycles. The van der Waals surface area contributed by atoms with Crippen molar-refractivity contribution in [3.05, 3.63) is 0 Å². The molecule has 0 rings (SSSR count). The molecule has 80 valence electrons. The summed E-state index contributed by atoms with van der Waals surface area (Å²) >= 11 is 0. The molecule has 1 unspecified atom stereocenters. The van der Waals surface area contributed by atoms with E-state index in [0.29, 0.717) is 0 Å². The fraction of sp³-hybridized carbons (Fsp3) is 0.857. The molecule has 0 aliphatic heterocycles. The summed E-state index contributed by atoms with van der Waals surface area (Å²) in [7, 11) is 0. The average molecular weight is 218 g/mol. The number of hydrogen-bond acceptors (Lipinski definition) is 2. The molecule has 0 aromatic heterocycles. The highest BCUT2D eigenvalue weighted by atomic mass is 35.5. The second-order valence-electron chi connectivity index (χ2n) is 2.69. The molecule has 13 heavy (non-hydrogen) atoms. The normalized spacial score (nSPS) is 13.2. The first-order valence-corrected chi connectivity index (χ1v) is 3.75. The lowest BCUT2D eigenvalue weighted by Crippen LogP contribution is -2.32. The summed E-state index contributed by atoms with van der Waals surface area (Å²) in [5, 5.41) is 8.28. The van der Waals surface area contributed by atoms with E-state index in [9.17, 15) is 13.6 Å². The molecule has 0 amide bonds. The van der Waals surface area contributed by atoms with Gasteiger partial charge < -0.3 is 10.8 Å². The van der Waals surface area contributed by atoms with Gasteiger partial charge in [0.05, 0.1) is 0 Å². The first kappa shape index (κ1) is 15.1. The van der Waals surface area contributed by atoms with Gasteiger partial charge in [0, 0.05) is 12.8 Å². The predicted molar refractivity (Wildman–Crippen MR) is 47.3 cm³/mol. The number of hydrogen-bond donors (Lipinski definition) is 2. The van der Waals surface area contributed by atoms with E-state index in [1.54, 1.807) is 0 Å². The van der Waals surface area contributed by atoms with Crippen molar-refractivity contribution in [2.45, 2.75) is 38.2 Å². The van der Waals surface area contributed by atoms with Crippen LogP contribution >= 0.6 is 12.4 Å². The van der Waals surface area contributed by atoms with Crippen molar-refractivity contribution >= 4 is 18.4 Å². The van der Waals surface area contributed by atoms with E-state index in [2.05, 4.69) is 0 Å². The summed E-state index contributed by atoms with van der Waals surface area (Å²) in [6.45, 7) is 1.35. The van der Waals surface area contributed by atoms with Crippen LogP contribution in [0.3, 0.4) is 0 Å². The molecule has 0 aliphatic rings. The van der Waals surface area contributed by atoms with Crippen molar-refractivity contribution in [1.29, 1.82) is 0 Å². The summed E-state index contributed by atoms with van der Waals surface area (Å²) < 4.78 is 25.1. The van der Waals surface area contributed by atoms with Crippen LogP contribution in [0.1, 0.15) is 26.2 Å². The van der Waals surface area contributed by atoms with Gasteiger partial charge in [0.1, 0.15) is 6.04 Å². The second kappa shape index (κ2) is 6.10. The SMILES string of the molecule is CCC(F)(F)CCC(N)C(=O)O.Cl. The molecule has 0 aromatic rings. The Labute approximate surface area is 81.7 Å². The molecule has 6 heteroatoms. The van der Waals surface area contributed by atoms with Gasteiger partial charge in [-0.2, -0.15) is 0 Å². The van der Waals surface area contributed by atoms with Gasteiger partial charge in [-0.25, -0.2) is 8.78 Å². The molecule has 0 spiro atoms. The molecule has 0 bridgehead atoms. The molecule has 0 aliphatic carbocycles. The van der Waals surface area contributed by atoms with Crippen LogP contribution in [0.4, 0.5) is 8.78 Å². The average Bonchev–Trinajstić information content (AvgIpc) is 2.00. The summed E-state index contributed by atoms with van der Waals surface area (Å²) in [6, 6.07) is -1.18. The maximum atomic E-state index is 12.5. The number of rotatable bonds is 5. The van der Waals surface area contributed by atoms with Crippen molar-refractivity contribution in [2.75, 3.05) is 0 Å². The highest BCUT2D eigenvalue weighted by Crippen LogP contribution is 2.24. The minimum absolute atomic E-state index is 0. The Morgan fingerprint density at radius 2 is 2.08 bits per heavy atom. The fourth-order valence-corrected chi connectivity index (χ4v) is 0.667. The lowest BCUT2D eigenvalue weighted by Gasteiger charge is -2.14. The minimum atomic E-state index is -2.78. The quantitative estimate of drug-likeness (QED) is 0.736. The van der Waals surface area contributed by atoms with Crippen LogP contribution in [0.2, 0.25) is 0 Å². The third-order valence-electron chi connectivity index (χ3n) is 1.66. The third kappa shape index (κ3) is 6.72. The fourth-order valence-electron chi connectivity index (χ4n) is 0.667. The zero-order valence-corrected chi connectivity index (χ0v) is 8.11. The van der Waals surface area contributed by atoms with Crippen molar-refractivity contribution in [1.82, 2.24) is 0 Å². The zero-order valence-electron chi connectivity index (χ0n) is 7.30. The van der Waals surface area contributed by atoms with E-state index in [1.165, 1.54) is 6.92 Å². The number of carboxylic acids is 1. The number of aliphatic carboxylic acids is 1. The number of nitrogens with two attached hydrogens (primary N) is 1. The van der Waals surface area contributed by atoms with Crippen LogP contribution in [0.15, 0.2) is 0 Å². The highest BCUT2D eigenvalue weighted by Gasteiger charge is 2.27. The first-order valence-electron chi connectivity index (χ1n) is 3.75. The molecular formula is C7H14ClF2NO2. The Balaban J connectivity index is 0. The molecule has 3 N–H and O–H groups in total. The summed E-state index contributed by atoms with van der Waals surface area (Å²) in [5.74, 6) is -4.02. The van der Waals surface area contributed by atoms with Gasteiger partial charge in [0.15, 0.2) is 0 Å². The van der Waals surface area contributed by atoms with E-state index in [-0.39, 0.29) is 25.2 Å². The smallest absolute Gasteiger partial charge is 0.320 e. The van der Waals surface area contributed by atoms with Crippen LogP contribution in [0.5, 0.6) is 0 Å². The maximum Gasteiger partial charge on any atom is 0.320 e. The molecular weight excluding hydrogens is 204 g/mol. The lowest BCUT2D eigenvalue weighted by molar-refractivity contribution is -0.139. The Morgan fingerprint density at radius 3 is 2.38 bits per heavy atom. The monoisotopic (exact) mass is 217 g/mol. The second-order valence-corrected chi connectivity index (χ2v) is 2.69. The topological polar surface area (TPSA) is 63.3 Å². The molecule has 0 saturated carbocycles. The van der Waals surface area contributed by atoms with Crippen molar-refractivity contribution in [2.24, 2.45) is 5.73 Å². The van der Waals surface area contributed by atoms with Crippen molar-refractivity contribution in [3.63, 3.8) is 0 Å². The standard InChI is InChI=1S/C7H13F2NO2.ClH/c1-2-7(8,9)4-3-5(10)6(11)12;/h5H,2-4,10H2,1H3,(H,11,12);1H. The lowest BCUT2D eigenvalue weighted by atomic mass is 10.1. The molecule has 0 radical (unpaired) electrons. The van der Waals surface area contributed by atoms with Crippen LogP contribution in [0, 0.1) is 0 Å². The van der Waals surface area contributed by atoms with Gasteiger partial charge in [-0.3, -0.25) is 4.79 Å². The number of alkyl halides is 2. The van der Waals surface area contributed by atoms with Crippen LogP contribution in [0.25, 0.3) is 0 Å².